The number of aromatic amines is 1. The highest BCUT2D eigenvalue weighted by Crippen LogP contribution is 2.17. The first kappa shape index (κ1) is 15.5. The summed E-state index contributed by atoms with van der Waals surface area (Å²) < 4.78 is 0. The first-order valence-electron chi connectivity index (χ1n) is 6.80. The van der Waals surface area contributed by atoms with Crippen molar-refractivity contribution in [2.45, 2.75) is 39.0 Å². The topological polar surface area (TPSA) is 95.2 Å². The highest BCUT2D eigenvalue weighted by atomic mass is 16.2. The number of unbranched alkanes of at least 4 members (excludes halogenated alkanes) is 2. The molecule has 0 fully saturated rings. The predicted octanol–water partition coefficient (Wildman–Crippen LogP) is 1.18. The Balaban J connectivity index is 2.56. The fourth-order valence-electron chi connectivity index (χ4n) is 1.91. The molecular formula is C13H24N4O2. The van der Waals surface area contributed by atoms with Crippen LogP contribution in [-0.2, 0) is 6.42 Å². The number of hydrogen-bond donors (Lipinski definition) is 3. The molecule has 0 saturated carbocycles. The molecule has 0 saturated heterocycles. The third kappa shape index (κ3) is 4.24. The summed E-state index contributed by atoms with van der Waals surface area (Å²) in [5, 5.41) is 15.5. The molecule has 0 aromatic carbocycles. The van der Waals surface area contributed by atoms with E-state index in [4.69, 9.17) is 10.8 Å². The summed E-state index contributed by atoms with van der Waals surface area (Å²) in [6.07, 6.45) is 4.30. The Bertz CT molecular complexity index is 403. The maximum Gasteiger partial charge on any atom is 0.276 e. The number of hydrogen-bond acceptors (Lipinski definition) is 4. The molecule has 19 heavy (non-hydrogen) atoms. The van der Waals surface area contributed by atoms with Crippen molar-refractivity contribution in [3.8, 4) is 0 Å². The Morgan fingerprint density at radius 2 is 2.16 bits per heavy atom. The predicted molar refractivity (Wildman–Crippen MR) is 74.9 cm³/mol. The van der Waals surface area contributed by atoms with E-state index in [1.54, 1.807) is 11.9 Å². The minimum absolute atomic E-state index is 0.153. The lowest BCUT2D eigenvalue weighted by atomic mass is 10.2. The molecule has 0 bridgehead atoms. The highest BCUT2D eigenvalue weighted by molar-refractivity contribution is 5.97. The van der Waals surface area contributed by atoms with Gasteiger partial charge in [-0.15, -0.1) is 0 Å². The lowest BCUT2D eigenvalue weighted by Gasteiger charge is -2.15. The Labute approximate surface area is 114 Å². The molecule has 1 heterocycles. The molecule has 1 aromatic rings. The lowest BCUT2D eigenvalue weighted by molar-refractivity contribution is 0.0787. The van der Waals surface area contributed by atoms with Crippen molar-refractivity contribution in [1.82, 2.24) is 15.1 Å². The summed E-state index contributed by atoms with van der Waals surface area (Å²) >= 11 is 0. The summed E-state index contributed by atoms with van der Waals surface area (Å²) in [5.41, 5.74) is 7.54. The molecule has 0 atom stereocenters. The second-order valence-corrected chi connectivity index (χ2v) is 4.73. The van der Waals surface area contributed by atoms with Gasteiger partial charge in [-0.2, -0.15) is 5.10 Å². The standard InChI is InChI=1S/C13H24N4O2/c1-3-7-10-11(14)12(16-15-10)13(19)17(2)8-5-4-6-9-18/h18H,3-9,14H2,1-2H3,(H,15,16). The largest absolute Gasteiger partial charge is 0.396 e. The fourth-order valence-corrected chi connectivity index (χ4v) is 1.91. The average molecular weight is 268 g/mol. The molecular weight excluding hydrogens is 244 g/mol. The van der Waals surface area contributed by atoms with Gasteiger partial charge in [0.2, 0.25) is 0 Å². The van der Waals surface area contributed by atoms with Crippen LogP contribution in [0.3, 0.4) is 0 Å². The number of nitrogens with one attached hydrogen (secondary N) is 1. The van der Waals surface area contributed by atoms with E-state index in [1.807, 2.05) is 0 Å². The summed E-state index contributed by atoms with van der Waals surface area (Å²) in [6.45, 7) is 2.90. The van der Waals surface area contributed by atoms with Gasteiger partial charge >= 0.3 is 0 Å². The lowest BCUT2D eigenvalue weighted by Crippen LogP contribution is -2.28. The second-order valence-electron chi connectivity index (χ2n) is 4.73. The third-order valence-corrected chi connectivity index (χ3v) is 3.08. The van der Waals surface area contributed by atoms with Gasteiger partial charge in [-0.1, -0.05) is 13.3 Å². The molecule has 108 valence electrons. The quantitative estimate of drug-likeness (QED) is 0.617. The van der Waals surface area contributed by atoms with Crippen molar-refractivity contribution in [3.05, 3.63) is 11.4 Å². The number of aryl methyl sites for hydroxylation is 1. The Morgan fingerprint density at radius 1 is 1.42 bits per heavy atom. The van der Waals surface area contributed by atoms with Gasteiger partial charge in [0.25, 0.3) is 5.91 Å². The second kappa shape index (κ2) is 7.78. The van der Waals surface area contributed by atoms with E-state index in [0.29, 0.717) is 17.9 Å². The van der Waals surface area contributed by atoms with Crippen LogP contribution >= 0.6 is 0 Å². The number of aliphatic hydroxyl groups is 1. The third-order valence-electron chi connectivity index (χ3n) is 3.08. The number of aliphatic hydroxyl groups excluding tert-OH is 1. The summed E-state index contributed by atoms with van der Waals surface area (Å²) in [7, 11) is 1.74. The van der Waals surface area contributed by atoms with Crippen LogP contribution in [0.4, 0.5) is 5.69 Å². The van der Waals surface area contributed by atoms with Crippen molar-refractivity contribution in [2.75, 3.05) is 25.9 Å². The van der Waals surface area contributed by atoms with Crippen LogP contribution in [0, 0.1) is 0 Å². The molecule has 0 aliphatic carbocycles. The molecule has 0 aliphatic rings. The summed E-state index contributed by atoms with van der Waals surface area (Å²) in [4.78, 5) is 13.8. The monoisotopic (exact) mass is 268 g/mol. The first-order chi connectivity index (χ1) is 9.11. The molecule has 0 unspecified atom stereocenters. The molecule has 0 spiro atoms. The van der Waals surface area contributed by atoms with Gasteiger partial charge in [-0.3, -0.25) is 9.89 Å². The van der Waals surface area contributed by atoms with E-state index >= 15 is 0 Å². The van der Waals surface area contributed by atoms with E-state index < -0.39 is 0 Å². The number of carbonyl (C=O) groups is 1. The van der Waals surface area contributed by atoms with Gasteiger partial charge in [0.05, 0.1) is 11.4 Å². The molecule has 1 amide bonds. The number of nitrogen functional groups attached to an aromatic ring is 1. The number of rotatable bonds is 8. The number of anilines is 1. The molecule has 0 radical (unpaired) electrons. The molecule has 6 heteroatoms. The normalized spacial score (nSPS) is 10.7. The number of nitrogens with two attached hydrogens (primary N) is 1. The van der Waals surface area contributed by atoms with Gasteiger partial charge in [-0.05, 0) is 25.7 Å². The SMILES string of the molecule is CCCc1[nH]nc(C(=O)N(C)CCCCCO)c1N. The minimum Gasteiger partial charge on any atom is -0.396 e. The Kier molecular flexibility index (Phi) is 6.35. The molecule has 6 nitrogen and oxygen atoms in total. The van der Waals surface area contributed by atoms with E-state index in [2.05, 4.69) is 17.1 Å². The van der Waals surface area contributed by atoms with Crippen LogP contribution in [0.25, 0.3) is 0 Å². The van der Waals surface area contributed by atoms with Crippen molar-refractivity contribution in [1.29, 1.82) is 0 Å². The van der Waals surface area contributed by atoms with E-state index in [-0.39, 0.29) is 12.5 Å². The van der Waals surface area contributed by atoms with Gasteiger partial charge in [0.1, 0.15) is 0 Å². The van der Waals surface area contributed by atoms with E-state index in [9.17, 15) is 4.79 Å². The number of carbonyl (C=O) groups excluding carboxylic acids is 1. The summed E-state index contributed by atoms with van der Waals surface area (Å²) in [5.74, 6) is -0.153. The molecule has 0 aliphatic heterocycles. The van der Waals surface area contributed by atoms with Crippen molar-refractivity contribution in [3.63, 3.8) is 0 Å². The van der Waals surface area contributed by atoms with Crippen LogP contribution < -0.4 is 5.73 Å². The van der Waals surface area contributed by atoms with Gasteiger partial charge in [0, 0.05) is 20.2 Å². The zero-order valence-electron chi connectivity index (χ0n) is 11.8. The smallest absolute Gasteiger partial charge is 0.276 e. The van der Waals surface area contributed by atoms with Gasteiger partial charge < -0.3 is 15.7 Å². The van der Waals surface area contributed by atoms with Crippen LogP contribution in [0.1, 0.15) is 48.8 Å². The number of nitrogens with zero attached hydrogens (tertiary/aromatic N) is 2. The van der Waals surface area contributed by atoms with Gasteiger partial charge in [0.15, 0.2) is 5.69 Å². The van der Waals surface area contributed by atoms with Crippen molar-refractivity contribution >= 4 is 11.6 Å². The van der Waals surface area contributed by atoms with Crippen LogP contribution in [0.5, 0.6) is 0 Å². The molecule has 1 aromatic heterocycles. The van der Waals surface area contributed by atoms with E-state index in [0.717, 1.165) is 37.8 Å². The highest BCUT2D eigenvalue weighted by Gasteiger charge is 2.19. The summed E-state index contributed by atoms with van der Waals surface area (Å²) in [6, 6.07) is 0. The number of amides is 1. The van der Waals surface area contributed by atoms with Crippen molar-refractivity contribution in [2.24, 2.45) is 0 Å². The zero-order chi connectivity index (χ0) is 14.3. The van der Waals surface area contributed by atoms with Crippen LogP contribution in [-0.4, -0.2) is 46.3 Å². The molecule has 1 rings (SSSR count). The van der Waals surface area contributed by atoms with E-state index in [1.165, 1.54) is 0 Å². The minimum atomic E-state index is -0.153. The van der Waals surface area contributed by atoms with Crippen LogP contribution in [0.15, 0.2) is 0 Å². The number of H-pyrrole nitrogens is 1. The Hall–Kier alpha value is -1.56. The van der Waals surface area contributed by atoms with Crippen LogP contribution in [0.2, 0.25) is 0 Å². The fraction of sp³-hybridized carbons (Fsp3) is 0.692. The molecule has 4 N–H and O–H groups in total. The van der Waals surface area contributed by atoms with Gasteiger partial charge in [-0.25, -0.2) is 0 Å². The Morgan fingerprint density at radius 3 is 2.79 bits per heavy atom. The maximum atomic E-state index is 12.2. The van der Waals surface area contributed by atoms with Crippen molar-refractivity contribution < 1.29 is 9.90 Å². The number of aromatic nitrogens is 2. The first-order valence-corrected chi connectivity index (χ1v) is 6.80. The average Bonchev–Trinajstić information content (AvgIpc) is 2.76. The zero-order valence-corrected chi connectivity index (χ0v) is 11.8. The maximum absolute atomic E-state index is 12.2.